The Morgan fingerprint density at radius 3 is 1.62 bits per heavy atom. The first-order valence-electron chi connectivity index (χ1n) is 8.67. The summed E-state index contributed by atoms with van der Waals surface area (Å²) in [6, 6.07) is 7.92. The topological polar surface area (TPSA) is 47.0 Å². The third kappa shape index (κ3) is 10.5. The summed E-state index contributed by atoms with van der Waals surface area (Å²) in [6.45, 7) is 1.74. The summed E-state index contributed by atoms with van der Waals surface area (Å²) in [4.78, 5) is 9.75. The van der Waals surface area contributed by atoms with Crippen molar-refractivity contribution in [1.82, 2.24) is 15.3 Å². The smallest absolute Gasteiger partial charge is 0.115 e. The Morgan fingerprint density at radius 1 is 0.781 bits per heavy atom. The van der Waals surface area contributed by atoms with Gasteiger partial charge < -0.3 is 5.32 Å². The van der Waals surface area contributed by atoms with Crippen LogP contribution in [0.4, 0.5) is 0 Å². The summed E-state index contributed by atoms with van der Waals surface area (Å²) in [6.07, 6.45) is 5.14. The number of aromatic nitrogens is 2. The summed E-state index contributed by atoms with van der Waals surface area (Å²) >= 11 is 27.7. The molecule has 0 aliphatic carbocycles. The standard InChI is InChI=1S/C12H4Br6OS2.C7H11N3S/c13-5-1-7(15)11(8(16)2-5)20-19-21-12-9(17)3-6(14)4-10(12)18;11-2-1-8-3-7-4-9-6-10-5-7/h1-4H;4-6,8,11H,1-3H2. The van der Waals surface area contributed by atoms with Gasteiger partial charge in [0.15, 0.2) is 0 Å². The molecule has 0 aliphatic heterocycles. The van der Waals surface area contributed by atoms with Crippen molar-refractivity contribution in [3.05, 3.63) is 75.4 Å². The van der Waals surface area contributed by atoms with E-state index in [9.17, 15) is 0 Å². The van der Waals surface area contributed by atoms with Crippen LogP contribution < -0.4 is 5.32 Å². The van der Waals surface area contributed by atoms with Gasteiger partial charge in [0.2, 0.25) is 0 Å². The van der Waals surface area contributed by atoms with Crippen LogP contribution in [0.2, 0.25) is 0 Å². The quantitative estimate of drug-likeness (QED) is 0.134. The molecular weight excluding hydrogens is 862 g/mol. The lowest BCUT2D eigenvalue weighted by Crippen LogP contribution is -2.15. The summed E-state index contributed by atoms with van der Waals surface area (Å²) < 4.78 is 11.5. The number of hydrogen-bond donors (Lipinski definition) is 2. The van der Waals surface area contributed by atoms with Crippen LogP contribution in [0.3, 0.4) is 0 Å². The minimum absolute atomic E-state index is 0.821. The molecule has 0 saturated carbocycles. The molecule has 0 amide bonds. The number of hydrogen-bond acceptors (Lipinski definition) is 7. The fourth-order valence-corrected chi connectivity index (χ4v) is 8.74. The van der Waals surface area contributed by atoms with Gasteiger partial charge in [-0.2, -0.15) is 12.6 Å². The minimum Gasteiger partial charge on any atom is -0.312 e. The van der Waals surface area contributed by atoms with Crippen molar-refractivity contribution in [3.63, 3.8) is 0 Å². The summed E-state index contributed by atoms with van der Waals surface area (Å²) in [5, 5.41) is 3.19. The van der Waals surface area contributed by atoms with E-state index in [1.54, 1.807) is 12.4 Å². The van der Waals surface area contributed by atoms with Gasteiger partial charge in [-0.25, -0.2) is 13.6 Å². The molecule has 1 heterocycles. The maximum atomic E-state index is 5.69. The van der Waals surface area contributed by atoms with Crippen LogP contribution in [0.1, 0.15) is 5.56 Å². The van der Waals surface area contributed by atoms with Gasteiger partial charge in [-0.1, -0.05) is 31.9 Å². The summed E-state index contributed by atoms with van der Waals surface area (Å²) in [5.41, 5.74) is 1.11. The Balaban J connectivity index is 0.000000278. The van der Waals surface area contributed by atoms with Crippen LogP contribution in [-0.4, -0.2) is 22.3 Å². The lowest BCUT2D eigenvalue weighted by Gasteiger charge is -2.09. The second-order valence-corrected chi connectivity index (χ2v) is 13.2. The van der Waals surface area contributed by atoms with E-state index in [0.29, 0.717) is 0 Å². The molecule has 0 unspecified atom stereocenters. The molecule has 0 radical (unpaired) electrons. The summed E-state index contributed by atoms with van der Waals surface area (Å²) in [7, 11) is 0. The Labute approximate surface area is 252 Å². The van der Waals surface area contributed by atoms with E-state index in [1.165, 1.54) is 30.4 Å². The molecule has 1 N–H and O–H groups in total. The fourth-order valence-electron chi connectivity index (χ4n) is 2.04. The van der Waals surface area contributed by atoms with E-state index < -0.39 is 0 Å². The van der Waals surface area contributed by atoms with E-state index in [2.05, 4.69) is 123 Å². The molecule has 4 nitrogen and oxygen atoms in total. The van der Waals surface area contributed by atoms with Gasteiger partial charge in [0.05, 0.1) is 9.79 Å². The molecule has 3 aromatic rings. The molecule has 0 saturated heterocycles. The van der Waals surface area contributed by atoms with Gasteiger partial charge in [0.25, 0.3) is 0 Å². The maximum Gasteiger partial charge on any atom is 0.115 e. The van der Waals surface area contributed by atoms with Gasteiger partial charge >= 0.3 is 0 Å². The van der Waals surface area contributed by atoms with Crippen molar-refractivity contribution in [1.29, 1.82) is 0 Å². The van der Waals surface area contributed by atoms with Crippen LogP contribution in [0.25, 0.3) is 0 Å². The fraction of sp³-hybridized carbons (Fsp3) is 0.158. The van der Waals surface area contributed by atoms with Crippen molar-refractivity contribution in [2.45, 2.75) is 16.3 Å². The van der Waals surface area contributed by atoms with Gasteiger partial charge in [-0.3, -0.25) is 0 Å². The monoisotopic (exact) mass is 871 g/mol. The van der Waals surface area contributed by atoms with E-state index >= 15 is 0 Å². The Bertz CT molecular complexity index is 913. The lowest BCUT2D eigenvalue weighted by molar-refractivity contribution is 0.727. The van der Waals surface area contributed by atoms with E-state index in [4.69, 9.17) is 3.63 Å². The predicted octanol–water partition coefficient (Wildman–Crippen LogP) is 9.49. The first-order chi connectivity index (χ1) is 15.3. The molecule has 3 rings (SSSR count). The van der Waals surface area contributed by atoms with Crippen molar-refractivity contribution in [2.24, 2.45) is 0 Å². The van der Waals surface area contributed by atoms with Crippen LogP contribution in [0, 0.1) is 0 Å². The van der Waals surface area contributed by atoms with Crippen LogP contribution in [0.15, 0.2) is 79.6 Å². The number of nitrogens with one attached hydrogen (secondary N) is 1. The van der Waals surface area contributed by atoms with E-state index in [0.717, 1.165) is 61.0 Å². The molecule has 1 aromatic heterocycles. The second-order valence-electron chi connectivity index (χ2n) is 5.78. The average Bonchev–Trinajstić information content (AvgIpc) is 2.73. The third-order valence-corrected chi connectivity index (χ3v) is 9.84. The highest BCUT2D eigenvalue weighted by molar-refractivity contribution is 9.12. The zero-order chi connectivity index (χ0) is 23.5. The highest BCUT2D eigenvalue weighted by Gasteiger charge is 2.12. The number of thiol groups is 1. The predicted molar refractivity (Wildman–Crippen MR) is 159 cm³/mol. The minimum atomic E-state index is 0.821. The van der Waals surface area contributed by atoms with Crippen LogP contribution in [0.5, 0.6) is 0 Å². The molecule has 0 bridgehead atoms. The van der Waals surface area contributed by atoms with Gasteiger partial charge in [0, 0.05) is 87.7 Å². The largest absolute Gasteiger partial charge is 0.312 e. The molecule has 0 fully saturated rings. The van der Waals surface area contributed by atoms with Crippen molar-refractivity contribution < 1.29 is 3.63 Å². The van der Waals surface area contributed by atoms with Crippen LogP contribution >= 0.6 is 132 Å². The zero-order valence-corrected chi connectivity index (χ0v) is 28.0. The number of rotatable bonds is 8. The van der Waals surface area contributed by atoms with Crippen LogP contribution in [-0.2, 0) is 10.2 Å². The first-order valence-corrected chi connectivity index (χ1v) is 15.5. The average molecular weight is 877 g/mol. The van der Waals surface area contributed by atoms with Crippen molar-refractivity contribution in [2.75, 3.05) is 12.3 Å². The molecule has 2 aromatic carbocycles. The maximum absolute atomic E-state index is 5.69. The Kier molecular flexibility index (Phi) is 15.0. The second kappa shape index (κ2) is 16.2. The molecule has 172 valence electrons. The molecule has 0 atom stereocenters. The Morgan fingerprint density at radius 2 is 1.22 bits per heavy atom. The molecule has 0 aliphatic rings. The molecule has 0 spiro atoms. The normalized spacial score (nSPS) is 10.6. The lowest BCUT2D eigenvalue weighted by atomic mass is 10.3. The SMILES string of the molecule is Brc1cc(Br)c(SOSc2c(Br)cc(Br)cc2Br)c(Br)c1.SCCNCc1cncnc1. The number of halogens is 6. The highest BCUT2D eigenvalue weighted by atomic mass is 79.9. The van der Waals surface area contributed by atoms with Gasteiger partial charge in [-0.15, -0.1) is 0 Å². The van der Waals surface area contributed by atoms with Gasteiger partial charge in [-0.05, 0) is 88.0 Å². The zero-order valence-electron chi connectivity index (χ0n) is 16.0. The molecule has 32 heavy (non-hydrogen) atoms. The first kappa shape index (κ1) is 29.6. The number of benzene rings is 2. The van der Waals surface area contributed by atoms with E-state index in [-0.39, 0.29) is 0 Å². The van der Waals surface area contributed by atoms with Crippen molar-refractivity contribution >= 4 is 132 Å². The molecule has 13 heteroatoms. The third-order valence-electron chi connectivity index (χ3n) is 3.39. The summed E-state index contributed by atoms with van der Waals surface area (Å²) in [5.74, 6) is 0.855. The van der Waals surface area contributed by atoms with Gasteiger partial charge in [0.1, 0.15) is 6.33 Å². The highest BCUT2D eigenvalue weighted by Crippen LogP contribution is 2.43. The molecular formula is C19H15Br6N3OS3. The van der Waals surface area contributed by atoms with Crippen molar-refractivity contribution in [3.8, 4) is 0 Å². The number of nitrogens with zero attached hydrogens (tertiary/aromatic N) is 2. The van der Waals surface area contributed by atoms with E-state index in [1.807, 2.05) is 24.3 Å². The Hall–Kier alpha value is 1.37.